The van der Waals surface area contributed by atoms with E-state index in [0.29, 0.717) is 5.92 Å². The molecular formula is C17H35NSiTi. The van der Waals surface area contributed by atoms with Gasteiger partial charge in [-0.3, -0.25) is 0 Å². The second-order valence-electron chi connectivity index (χ2n) is 5.82. The van der Waals surface area contributed by atoms with E-state index in [-0.39, 0.29) is 42.1 Å². The molecule has 1 N–H and O–H groups in total. The van der Waals surface area contributed by atoms with Crippen molar-refractivity contribution in [2.75, 3.05) is 0 Å². The monoisotopic (exact) mass is 329 g/mol. The second-order valence-corrected chi connectivity index (χ2v) is 6.97. The molecule has 1 aliphatic rings. The smallest absolute Gasteiger partial charge is 0.672 e. The summed E-state index contributed by atoms with van der Waals surface area (Å²) >= 11 is 0. The predicted octanol–water partition coefficient (Wildman–Crippen LogP) is 5.93. The molecule has 116 valence electrons. The summed E-state index contributed by atoms with van der Waals surface area (Å²) in [5, 5.41) is 0. The van der Waals surface area contributed by atoms with Gasteiger partial charge in [0.15, 0.2) is 0 Å². The van der Waals surface area contributed by atoms with Crippen molar-refractivity contribution in [3.8, 4) is 0 Å². The van der Waals surface area contributed by atoms with Crippen LogP contribution in [-0.4, -0.2) is 15.1 Å². The Kier molecular flexibility index (Phi) is 17.1. The van der Waals surface area contributed by atoms with E-state index in [9.17, 15) is 0 Å². The molecule has 0 aliphatic heterocycles. The maximum atomic E-state index is 7.96. The molecule has 1 aliphatic carbocycles. The van der Waals surface area contributed by atoms with E-state index in [1.54, 1.807) is 0 Å². The van der Waals surface area contributed by atoms with Crippen molar-refractivity contribution in [2.45, 2.75) is 66.6 Å². The molecule has 0 aromatic carbocycles. The van der Waals surface area contributed by atoms with Crippen molar-refractivity contribution < 1.29 is 21.7 Å². The maximum Gasteiger partial charge on any atom is 3.00 e. The third kappa shape index (κ3) is 8.61. The summed E-state index contributed by atoms with van der Waals surface area (Å²) in [4.78, 5) is 0. The van der Waals surface area contributed by atoms with E-state index in [4.69, 9.17) is 5.73 Å². The van der Waals surface area contributed by atoms with Gasteiger partial charge < -0.3 is 20.6 Å². The number of hydrogen-bond donors (Lipinski definition) is 0. The molecular weight excluding hydrogens is 294 g/mol. The average molecular weight is 329 g/mol. The number of allylic oxidation sites excluding steroid dienone is 3. The summed E-state index contributed by atoms with van der Waals surface area (Å²) < 4.78 is 0. The van der Waals surface area contributed by atoms with Crippen LogP contribution in [0.3, 0.4) is 0 Å². The third-order valence-corrected chi connectivity index (χ3v) is 3.44. The van der Waals surface area contributed by atoms with E-state index in [1.807, 2.05) is 13.8 Å². The molecule has 1 unspecified atom stereocenters. The Hall–Kier alpha value is 0.371. The minimum Gasteiger partial charge on any atom is -0.672 e. The quantitative estimate of drug-likeness (QED) is 0.443. The Morgan fingerprint density at radius 3 is 1.60 bits per heavy atom. The molecule has 1 nitrogen and oxygen atoms in total. The van der Waals surface area contributed by atoms with Gasteiger partial charge in [-0.25, -0.2) is 0 Å². The zero-order valence-corrected chi connectivity index (χ0v) is 18.1. The Morgan fingerprint density at radius 1 is 1.05 bits per heavy atom. The molecule has 0 aromatic rings. The van der Waals surface area contributed by atoms with Crippen LogP contribution in [0.25, 0.3) is 5.73 Å². The van der Waals surface area contributed by atoms with Crippen molar-refractivity contribution in [2.24, 2.45) is 5.92 Å². The number of rotatable bonds is 2. The fourth-order valence-electron chi connectivity index (χ4n) is 2.21. The SMILES string of the molecule is CC1=C(C)C(C)C(CC(C)(C)[NH-])=C1C.C[SiH]C.[CH3-].[CH3-].[Ti+3]. The zero-order valence-electron chi connectivity index (χ0n) is 15.4. The van der Waals surface area contributed by atoms with Gasteiger partial charge in [-0.1, -0.05) is 45.0 Å². The van der Waals surface area contributed by atoms with Gasteiger partial charge in [0, 0.05) is 9.52 Å². The average Bonchev–Trinajstić information content (AvgIpc) is 2.35. The molecule has 0 amide bonds. The Morgan fingerprint density at radius 2 is 1.40 bits per heavy atom. The van der Waals surface area contributed by atoms with E-state index in [0.717, 1.165) is 15.9 Å². The van der Waals surface area contributed by atoms with Crippen LogP contribution < -0.4 is 0 Å². The number of hydrogen-bond acceptors (Lipinski definition) is 0. The van der Waals surface area contributed by atoms with Gasteiger partial charge in [0.2, 0.25) is 0 Å². The Balaban J connectivity index is -0.000000196. The zero-order chi connectivity index (χ0) is 13.8. The molecule has 1 atom stereocenters. The summed E-state index contributed by atoms with van der Waals surface area (Å²) in [5.41, 5.74) is 13.4. The van der Waals surface area contributed by atoms with Gasteiger partial charge in [-0.05, 0) is 44.3 Å². The van der Waals surface area contributed by atoms with Crippen LogP contribution in [0.1, 0.15) is 48.0 Å². The summed E-state index contributed by atoms with van der Waals surface area (Å²) in [7, 11) is 0.750. The maximum absolute atomic E-state index is 7.96. The van der Waals surface area contributed by atoms with Gasteiger partial charge in [0.1, 0.15) is 0 Å². The van der Waals surface area contributed by atoms with Crippen LogP contribution in [-0.2, 0) is 21.7 Å². The molecule has 0 saturated carbocycles. The molecule has 0 saturated heterocycles. The van der Waals surface area contributed by atoms with Gasteiger partial charge in [-0.15, -0.1) is 5.54 Å². The van der Waals surface area contributed by atoms with E-state index in [1.165, 1.54) is 22.3 Å². The standard InChI is InChI=1S/C13H22N.C2H7Si.2CH3.Ti/c1-8-9(2)11(4)12(10(8)3)7-13(5,6)14;1-3-2;;;/h10,14H,7H2,1-6H3;3H,1-2H3;2*1H3;/q-1;;2*-1;+3. The first kappa shape index (κ1) is 28.5. The van der Waals surface area contributed by atoms with Crippen LogP contribution in [0.2, 0.25) is 13.1 Å². The van der Waals surface area contributed by atoms with E-state index in [2.05, 4.69) is 40.8 Å². The van der Waals surface area contributed by atoms with Gasteiger partial charge >= 0.3 is 21.7 Å². The van der Waals surface area contributed by atoms with Gasteiger partial charge in [-0.2, -0.15) is 0 Å². The fraction of sp³-hybridized carbons (Fsp3) is 0.647. The topological polar surface area (TPSA) is 23.8 Å². The fourth-order valence-corrected chi connectivity index (χ4v) is 2.21. The predicted molar refractivity (Wildman–Crippen MR) is 95.0 cm³/mol. The summed E-state index contributed by atoms with van der Waals surface area (Å²) in [5.74, 6) is 0.555. The Bertz CT molecular complexity index is 324. The molecule has 0 spiro atoms. The minimum atomic E-state index is -0.338. The van der Waals surface area contributed by atoms with Crippen LogP contribution in [0.4, 0.5) is 0 Å². The van der Waals surface area contributed by atoms with Crippen LogP contribution in [0.5, 0.6) is 0 Å². The van der Waals surface area contributed by atoms with Gasteiger partial charge in [0.05, 0.1) is 0 Å². The molecule has 2 radical (unpaired) electrons. The molecule has 1 rings (SSSR count). The minimum absolute atomic E-state index is 0. The molecule has 0 heterocycles. The summed E-state index contributed by atoms with van der Waals surface area (Å²) in [6, 6.07) is 0. The molecule has 20 heavy (non-hydrogen) atoms. The first-order valence-electron chi connectivity index (χ1n) is 6.52. The first-order valence-corrected chi connectivity index (χ1v) is 8.83. The summed E-state index contributed by atoms with van der Waals surface area (Å²) in [6.45, 7) is 17.3. The second kappa shape index (κ2) is 12.0. The third-order valence-electron chi connectivity index (χ3n) is 3.44. The van der Waals surface area contributed by atoms with Crippen LogP contribution in [0.15, 0.2) is 22.3 Å². The number of nitrogens with one attached hydrogen (secondary N) is 1. The van der Waals surface area contributed by atoms with Crippen LogP contribution >= 0.6 is 0 Å². The van der Waals surface area contributed by atoms with Crippen molar-refractivity contribution in [3.63, 3.8) is 0 Å². The van der Waals surface area contributed by atoms with Crippen molar-refractivity contribution >= 4 is 9.52 Å². The molecule has 0 bridgehead atoms. The summed E-state index contributed by atoms with van der Waals surface area (Å²) in [6.07, 6.45) is 0.898. The molecule has 0 fully saturated rings. The first-order chi connectivity index (χ1) is 7.65. The van der Waals surface area contributed by atoms with E-state index < -0.39 is 0 Å². The van der Waals surface area contributed by atoms with Crippen molar-refractivity contribution in [1.82, 2.24) is 0 Å². The van der Waals surface area contributed by atoms with Crippen molar-refractivity contribution in [1.29, 1.82) is 0 Å². The van der Waals surface area contributed by atoms with E-state index >= 15 is 0 Å². The molecule has 3 heteroatoms. The normalized spacial score (nSPS) is 17.6. The Labute approximate surface area is 146 Å². The largest absolute Gasteiger partial charge is 3.00 e. The molecule has 0 aromatic heterocycles. The van der Waals surface area contributed by atoms with Crippen LogP contribution in [0, 0.1) is 20.8 Å². The van der Waals surface area contributed by atoms with Crippen molar-refractivity contribution in [3.05, 3.63) is 42.9 Å². The van der Waals surface area contributed by atoms with Gasteiger partial charge in [0.25, 0.3) is 0 Å².